The smallest absolute Gasteiger partial charge is 0.319 e. The van der Waals surface area contributed by atoms with E-state index in [9.17, 15) is 9.18 Å². The molecule has 138 valence electrons. The first-order chi connectivity index (χ1) is 12.5. The van der Waals surface area contributed by atoms with E-state index in [0.717, 1.165) is 12.8 Å². The fourth-order valence-electron chi connectivity index (χ4n) is 2.53. The minimum absolute atomic E-state index is 0.0236. The molecule has 26 heavy (non-hydrogen) atoms. The van der Waals surface area contributed by atoms with Crippen LogP contribution in [-0.4, -0.2) is 25.3 Å². The molecule has 0 aliphatic carbocycles. The third-order valence-corrected chi connectivity index (χ3v) is 4.41. The fourth-order valence-corrected chi connectivity index (χ4v) is 2.85. The largest absolute Gasteiger partial charge is 0.453 e. The predicted molar refractivity (Wildman–Crippen MR) is 98.9 cm³/mol. The molecule has 0 aromatic heterocycles. The number of carbonyl (C=O) groups is 1. The molecule has 0 atom stereocenters. The molecule has 0 bridgehead atoms. The molecule has 1 saturated heterocycles. The van der Waals surface area contributed by atoms with E-state index in [2.05, 4.69) is 10.6 Å². The summed E-state index contributed by atoms with van der Waals surface area (Å²) >= 11 is 11.9. The van der Waals surface area contributed by atoms with Crippen molar-refractivity contribution in [2.24, 2.45) is 0 Å². The summed E-state index contributed by atoms with van der Waals surface area (Å²) in [5, 5.41) is 6.18. The van der Waals surface area contributed by atoms with Gasteiger partial charge in [0.05, 0.1) is 5.02 Å². The molecule has 2 aromatic carbocycles. The Bertz CT molecular complexity index is 798. The zero-order valence-electron chi connectivity index (χ0n) is 13.7. The lowest BCUT2D eigenvalue weighted by atomic mass is 10.1. The Morgan fingerprint density at radius 1 is 1.12 bits per heavy atom. The molecule has 2 N–H and O–H groups in total. The van der Waals surface area contributed by atoms with Crippen LogP contribution in [0.5, 0.6) is 11.5 Å². The summed E-state index contributed by atoms with van der Waals surface area (Å²) in [5.74, 6) is -0.412. The van der Waals surface area contributed by atoms with Crippen molar-refractivity contribution < 1.29 is 18.7 Å². The standard InChI is InChI=1S/C18H17Cl2FN2O3/c19-11-1-3-14(20)17(9-11)26-16-4-2-13(10-15(16)21)23-18(24)22-12-5-7-25-8-6-12/h1-4,9-10,12H,5-8H2,(H2,22,23,24). The van der Waals surface area contributed by atoms with Gasteiger partial charge < -0.3 is 20.1 Å². The zero-order chi connectivity index (χ0) is 18.5. The van der Waals surface area contributed by atoms with Crippen LogP contribution in [0, 0.1) is 5.82 Å². The van der Waals surface area contributed by atoms with Crippen LogP contribution in [0.4, 0.5) is 14.9 Å². The van der Waals surface area contributed by atoms with Gasteiger partial charge in [0.15, 0.2) is 11.6 Å². The van der Waals surface area contributed by atoms with Crippen molar-refractivity contribution in [1.29, 1.82) is 0 Å². The van der Waals surface area contributed by atoms with Crippen molar-refractivity contribution in [1.82, 2.24) is 5.32 Å². The lowest BCUT2D eigenvalue weighted by Crippen LogP contribution is -2.41. The maximum absolute atomic E-state index is 14.3. The SMILES string of the molecule is O=C(Nc1ccc(Oc2cc(Cl)ccc2Cl)c(F)c1)NC1CCOCC1. The normalized spacial score (nSPS) is 14.7. The van der Waals surface area contributed by atoms with E-state index in [1.54, 1.807) is 18.2 Å². The number of rotatable bonds is 4. The molecule has 0 unspecified atom stereocenters. The van der Waals surface area contributed by atoms with Gasteiger partial charge in [-0.1, -0.05) is 23.2 Å². The quantitative estimate of drug-likeness (QED) is 0.741. The molecular weight excluding hydrogens is 382 g/mol. The van der Waals surface area contributed by atoms with E-state index in [-0.39, 0.29) is 23.6 Å². The van der Waals surface area contributed by atoms with Crippen LogP contribution in [0.1, 0.15) is 12.8 Å². The first kappa shape index (κ1) is 18.8. The van der Waals surface area contributed by atoms with Crippen LogP contribution in [0.3, 0.4) is 0 Å². The summed E-state index contributed by atoms with van der Waals surface area (Å²) < 4.78 is 25.0. The number of hydrogen-bond donors (Lipinski definition) is 2. The van der Waals surface area contributed by atoms with Gasteiger partial charge in [-0.05, 0) is 37.1 Å². The first-order valence-electron chi connectivity index (χ1n) is 8.09. The highest BCUT2D eigenvalue weighted by Gasteiger charge is 2.16. The van der Waals surface area contributed by atoms with E-state index in [4.69, 9.17) is 32.7 Å². The van der Waals surface area contributed by atoms with E-state index in [1.165, 1.54) is 18.2 Å². The van der Waals surface area contributed by atoms with Crippen LogP contribution in [-0.2, 0) is 4.74 Å². The minimum atomic E-state index is -0.634. The van der Waals surface area contributed by atoms with Gasteiger partial charge in [-0.15, -0.1) is 0 Å². The topological polar surface area (TPSA) is 59.6 Å². The molecular formula is C18H17Cl2FN2O3. The highest BCUT2D eigenvalue weighted by Crippen LogP contribution is 2.33. The van der Waals surface area contributed by atoms with Gasteiger partial charge in [0.1, 0.15) is 5.75 Å². The van der Waals surface area contributed by atoms with Gasteiger partial charge in [0.25, 0.3) is 0 Å². The van der Waals surface area contributed by atoms with Gasteiger partial charge >= 0.3 is 6.03 Å². The van der Waals surface area contributed by atoms with E-state index in [1.807, 2.05) is 0 Å². The highest BCUT2D eigenvalue weighted by molar-refractivity contribution is 6.34. The lowest BCUT2D eigenvalue weighted by molar-refractivity contribution is 0.0806. The average molecular weight is 399 g/mol. The summed E-state index contributed by atoms with van der Waals surface area (Å²) in [4.78, 5) is 12.0. The molecule has 0 spiro atoms. The minimum Gasteiger partial charge on any atom is -0.453 e. The van der Waals surface area contributed by atoms with Crippen LogP contribution >= 0.6 is 23.2 Å². The van der Waals surface area contributed by atoms with Crippen molar-refractivity contribution in [3.8, 4) is 11.5 Å². The Morgan fingerprint density at radius 3 is 2.62 bits per heavy atom. The summed E-state index contributed by atoms with van der Waals surface area (Å²) in [6.45, 7) is 1.25. The summed E-state index contributed by atoms with van der Waals surface area (Å²) in [5.41, 5.74) is 0.316. The van der Waals surface area contributed by atoms with Crippen molar-refractivity contribution in [2.75, 3.05) is 18.5 Å². The predicted octanol–water partition coefficient (Wildman–Crippen LogP) is 5.23. The molecule has 3 rings (SSSR count). The maximum Gasteiger partial charge on any atom is 0.319 e. The van der Waals surface area contributed by atoms with Gasteiger partial charge in [0.2, 0.25) is 0 Å². The third-order valence-electron chi connectivity index (χ3n) is 3.86. The second-order valence-corrected chi connectivity index (χ2v) is 6.65. The van der Waals surface area contributed by atoms with Crippen molar-refractivity contribution >= 4 is 34.9 Å². The fraction of sp³-hybridized carbons (Fsp3) is 0.278. The Labute approximate surface area is 160 Å². The Kier molecular flexibility index (Phi) is 6.19. The summed E-state index contributed by atoms with van der Waals surface area (Å²) in [6.07, 6.45) is 1.52. The first-order valence-corrected chi connectivity index (χ1v) is 8.84. The second-order valence-electron chi connectivity index (χ2n) is 5.81. The summed E-state index contributed by atoms with van der Waals surface area (Å²) in [7, 11) is 0. The van der Waals surface area contributed by atoms with Crippen molar-refractivity contribution in [2.45, 2.75) is 18.9 Å². The van der Waals surface area contributed by atoms with Gasteiger partial charge in [0, 0.05) is 42.1 Å². The number of amides is 2. The van der Waals surface area contributed by atoms with Crippen LogP contribution in [0.2, 0.25) is 10.0 Å². The number of carbonyl (C=O) groups excluding carboxylic acids is 1. The monoisotopic (exact) mass is 398 g/mol. The number of urea groups is 1. The number of hydrogen-bond acceptors (Lipinski definition) is 3. The van der Waals surface area contributed by atoms with Gasteiger partial charge in [-0.2, -0.15) is 0 Å². The number of benzene rings is 2. The van der Waals surface area contributed by atoms with Crippen LogP contribution in [0.25, 0.3) is 0 Å². The zero-order valence-corrected chi connectivity index (χ0v) is 15.2. The molecule has 1 aliphatic heterocycles. The van der Waals surface area contributed by atoms with Crippen LogP contribution < -0.4 is 15.4 Å². The average Bonchev–Trinajstić information content (AvgIpc) is 2.61. The molecule has 8 heteroatoms. The molecule has 1 fully saturated rings. The summed E-state index contributed by atoms with van der Waals surface area (Å²) in [6, 6.07) is 8.47. The molecule has 1 aliphatic rings. The lowest BCUT2D eigenvalue weighted by Gasteiger charge is -2.23. The third kappa shape index (κ3) is 5.00. The second kappa shape index (κ2) is 8.58. The van der Waals surface area contributed by atoms with Crippen molar-refractivity contribution in [3.05, 3.63) is 52.3 Å². The number of anilines is 1. The molecule has 2 aromatic rings. The van der Waals surface area contributed by atoms with Gasteiger partial charge in [-0.25, -0.2) is 9.18 Å². The van der Waals surface area contributed by atoms with E-state index in [0.29, 0.717) is 28.9 Å². The molecule has 0 radical (unpaired) electrons. The van der Waals surface area contributed by atoms with Crippen LogP contribution in [0.15, 0.2) is 36.4 Å². The number of ether oxygens (including phenoxy) is 2. The van der Waals surface area contributed by atoms with Gasteiger partial charge in [-0.3, -0.25) is 0 Å². The Balaban J connectivity index is 1.63. The maximum atomic E-state index is 14.3. The molecule has 5 nitrogen and oxygen atoms in total. The highest BCUT2D eigenvalue weighted by atomic mass is 35.5. The molecule has 0 saturated carbocycles. The van der Waals surface area contributed by atoms with E-state index >= 15 is 0 Å². The Morgan fingerprint density at radius 2 is 1.88 bits per heavy atom. The molecule has 1 heterocycles. The Hall–Kier alpha value is -2.02. The van der Waals surface area contributed by atoms with E-state index < -0.39 is 5.82 Å². The number of nitrogens with one attached hydrogen (secondary N) is 2. The molecule has 2 amide bonds. The van der Waals surface area contributed by atoms with Crippen molar-refractivity contribution in [3.63, 3.8) is 0 Å². The number of halogens is 3.